The van der Waals surface area contributed by atoms with Crippen molar-refractivity contribution in [2.75, 3.05) is 5.32 Å². The summed E-state index contributed by atoms with van der Waals surface area (Å²) in [6.45, 7) is 0. The molecule has 1 saturated heterocycles. The highest BCUT2D eigenvalue weighted by atomic mass is 16.2. The highest BCUT2D eigenvalue weighted by Crippen LogP contribution is 2.45. The maximum absolute atomic E-state index is 12.9. The number of para-hydroxylation sites is 1. The summed E-state index contributed by atoms with van der Waals surface area (Å²) in [6, 6.07) is 27.1. The van der Waals surface area contributed by atoms with Crippen LogP contribution in [0.4, 0.5) is 10.5 Å². The molecule has 2 amide bonds. The predicted octanol–water partition coefficient (Wildman–Crippen LogP) is 4.53. The van der Waals surface area contributed by atoms with E-state index in [0.29, 0.717) is 11.3 Å². The van der Waals surface area contributed by atoms with Crippen LogP contribution in [0.2, 0.25) is 0 Å². The number of benzene rings is 3. The molecule has 4 heteroatoms. The van der Waals surface area contributed by atoms with Gasteiger partial charge >= 0.3 is 6.03 Å². The minimum atomic E-state index is -0.483. The number of hydrogen-bond acceptors (Lipinski definition) is 2. The van der Waals surface area contributed by atoms with Crippen LogP contribution in [0.3, 0.4) is 0 Å². The van der Waals surface area contributed by atoms with Gasteiger partial charge in [-0.25, -0.2) is 4.79 Å². The summed E-state index contributed by atoms with van der Waals surface area (Å²) < 4.78 is 0. The molecule has 0 radical (unpaired) electrons. The average molecular weight is 342 g/mol. The number of ketones is 1. The van der Waals surface area contributed by atoms with E-state index in [1.807, 2.05) is 78.9 Å². The molecule has 0 bridgehead atoms. The second-order valence-electron chi connectivity index (χ2n) is 6.23. The number of anilines is 1. The van der Waals surface area contributed by atoms with Gasteiger partial charge < -0.3 is 10.2 Å². The van der Waals surface area contributed by atoms with Crippen LogP contribution in [0.1, 0.15) is 22.0 Å². The molecule has 1 heterocycles. The van der Waals surface area contributed by atoms with Crippen LogP contribution in [0.25, 0.3) is 0 Å². The zero-order chi connectivity index (χ0) is 17.9. The van der Waals surface area contributed by atoms with E-state index < -0.39 is 6.04 Å². The lowest BCUT2D eigenvalue weighted by atomic mass is 10.0. The summed E-state index contributed by atoms with van der Waals surface area (Å²) in [5.41, 5.74) is 2.29. The van der Waals surface area contributed by atoms with Crippen LogP contribution in [-0.4, -0.2) is 22.8 Å². The van der Waals surface area contributed by atoms with Gasteiger partial charge in [-0.1, -0.05) is 78.9 Å². The Morgan fingerprint density at radius 2 is 1.27 bits per heavy atom. The van der Waals surface area contributed by atoms with Crippen molar-refractivity contribution in [3.8, 4) is 0 Å². The Morgan fingerprint density at radius 1 is 0.731 bits per heavy atom. The summed E-state index contributed by atoms with van der Waals surface area (Å²) in [5, 5.41) is 2.87. The fourth-order valence-corrected chi connectivity index (χ4v) is 3.23. The molecule has 4 nitrogen and oxygen atoms in total. The van der Waals surface area contributed by atoms with E-state index in [2.05, 4.69) is 5.32 Å². The quantitative estimate of drug-likeness (QED) is 0.559. The Hall–Kier alpha value is -3.40. The third kappa shape index (κ3) is 3.09. The van der Waals surface area contributed by atoms with Crippen molar-refractivity contribution in [2.45, 2.75) is 12.1 Å². The van der Waals surface area contributed by atoms with Crippen molar-refractivity contribution in [2.24, 2.45) is 0 Å². The van der Waals surface area contributed by atoms with Crippen LogP contribution in [-0.2, 0) is 0 Å². The molecule has 2 atom stereocenters. The second kappa shape index (κ2) is 6.84. The van der Waals surface area contributed by atoms with Gasteiger partial charge in [0.25, 0.3) is 0 Å². The van der Waals surface area contributed by atoms with Gasteiger partial charge in [0.05, 0.1) is 6.04 Å². The number of carbonyl (C=O) groups excluding carboxylic acids is 2. The highest BCUT2D eigenvalue weighted by molar-refractivity contribution is 6.07. The van der Waals surface area contributed by atoms with E-state index in [1.54, 1.807) is 17.0 Å². The summed E-state index contributed by atoms with van der Waals surface area (Å²) in [6.07, 6.45) is 0. The average Bonchev–Trinajstić information content (AvgIpc) is 3.45. The van der Waals surface area contributed by atoms with Gasteiger partial charge in [0.1, 0.15) is 6.04 Å². The number of rotatable bonds is 4. The summed E-state index contributed by atoms with van der Waals surface area (Å²) in [5.74, 6) is -0.0392. The monoisotopic (exact) mass is 342 g/mol. The number of Topliss-reactive ketones (excluding diaryl/α,β-unsaturated/α-hetero) is 1. The minimum Gasteiger partial charge on any atom is -0.308 e. The number of amides is 2. The van der Waals surface area contributed by atoms with E-state index in [-0.39, 0.29) is 17.9 Å². The normalized spacial score (nSPS) is 18.2. The number of nitrogens with zero attached hydrogens (tertiary/aromatic N) is 1. The SMILES string of the molecule is O=C(c1ccccc1)[C@H]1[C@H](c2ccccc2)N1C(=O)Nc1ccccc1. The second-order valence-corrected chi connectivity index (χ2v) is 6.23. The summed E-state index contributed by atoms with van der Waals surface area (Å²) in [7, 11) is 0. The Morgan fingerprint density at radius 3 is 1.88 bits per heavy atom. The van der Waals surface area contributed by atoms with Gasteiger partial charge in [-0.05, 0) is 17.7 Å². The third-order valence-corrected chi connectivity index (χ3v) is 4.54. The molecular formula is C22H18N2O2. The van der Waals surface area contributed by atoms with Gasteiger partial charge in [0.15, 0.2) is 5.78 Å². The van der Waals surface area contributed by atoms with Gasteiger partial charge in [-0.3, -0.25) is 4.79 Å². The predicted molar refractivity (Wildman–Crippen MR) is 101 cm³/mol. The maximum atomic E-state index is 12.9. The van der Waals surface area contributed by atoms with Crippen LogP contribution in [0.15, 0.2) is 91.0 Å². The van der Waals surface area contributed by atoms with E-state index >= 15 is 0 Å². The number of hydrogen-bond donors (Lipinski definition) is 1. The number of nitrogens with one attached hydrogen (secondary N) is 1. The Bertz CT molecular complexity index is 911. The molecule has 128 valence electrons. The minimum absolute atomic E-state index is 0.0392. The van der Waals surface area contributed by atoms with Crippen molar-refractivity contribution in [1.29, 1.82) is 0 Å². The van der Waals surface area contributed by atoms with E-state index in [9.17, 15) is 9.59 Å². The van der Waals surface area contributed by atoms with Gasteiger partial charge in [-0.2, -0.15) is 0 Å². The van der Waals surface area contributed by atoms with Crippen molar-refractivity contribution in [1.82, 2.24) is 4.90 Å². The maximum Gasteiger partial charge on any atom is 0.323 e. The first-order chi connectivity index (χ1) is 12.8. The lowest BCUT2D eigenvalue weighted by Crippen LogP contribution is -2.24. The first kappa shape index (κ1) is 16.1. The molecule has 3 aromatic carbocycles. The van der Waals surface area contributed by atoms with Gasteiger partial charge in [0.2, 0.25) is 0 Å². The topological polar surface area (TPSA) is 49.2 Å². The standard InChI is InChI=1S/C22H18N2O2/c25-21(17-12-6-2-7-13-17)20-19(16-10-4-1-5-11-16)24(20)22(26)23-18-14-8-3-9-15-18/h1-15,19-20H,(H,23,26)/t19-,20+,24?/m0/s1. The van der Waals surface area contributed by atoms with Crippen LogP contribution in [0.5, 0.6) is 0 Å². The lowest BCUT2D eigenvalue weighted by Gasteiger charge is -2.07. The molecule has 1 aliphatic rings. The molecule has 0 spiro atoms. The van der Waals surface area contributed by atoms with Crippen molar-refractivity contribution >= 4 is 17.5 Å². The zero-order valence-electron chi connectivity index (χ0n) is 14.1. The zero-order valence-corrected chi connectivity index (χ0v) is 14.1. The van der Waals surface area contributed by atoms with Gasteiger partial charge in [0, 0.05) is 11.3 Å². The lowest BCUT2D eigenvalue weighted by molar-refractivity contribution is 0.0976. The number of urea groups is 1. The molecular weight excluding hydrogens is 324 g/mol. The fraction of sp³-hybridized carbons (Fsp3) is 0.0909. The summed E-state index contributed by atoms with van der Waals surface area (Å²) in [4.78, 5) is 27.3. The molecule has 4 rings (SSSR count). The Balaban J connectivity index is 1.60. The van der Waals surface area contributed by atoms with E-state index in [1.165, 1.54) is 0 Å². The third-order valence-electron chi connectivity index (χ3n) is 4.54. The van der Waals surface area contributed by atoms with Crippen molar-refractivity contribution < 1.29 is 9.59 Å². The van der Waals surface area contributed by atoms with Crippen LogP contribution < -0.4 is 5.32 Å². The van der Waals surface area contributed by atoms with Crippen LogP contribution in [0, 0.1) is 0 Å². The number of carbonyl (C=O) groups is 2. The van der Waals surface area contributed by atoms with E-state index in [0.717, 1.165) is 5.56 Å². The van der Waals surface area contributed by atoms with Crippen molar-refractivity contribution in [3.63, 3.8) is 0 Å². The smallest absolute Gasteiger partial charge is 0.308 e. The molecule has 1 aliphatic heterocycles. The molecule has 1 N–H and O–H groups in total. The molecule has 3 aromatic rings. The van der Waals surface area contributed by atoms with Crippen LogP contribution >= 0.6 is 0 Å². The Kier molecular flexibility index (Phi) is 4.23. The molecule has 0 saturated carbocycles. The molecule has 0 aliphatic carbocycles. The largest absolute Gasteiger partial charge is 0.323 e. The van der Waals surface area contributed by atoms with Gasteiger partial charge in [-0.15, -0.1) is 0 Å². The van der Waals surface area contributed by atoms with Crippen molar-refractivity contribution in [3.05, 3.63) is 102 Å². The molecule has 1 fully saturated rings. The summed E-state index contributed by atoms with van der Waals surface area (Å²) >= 11 is 0. The first-order valence-corrected chi connectivity index (χ1v) is 8.54. The molecule has 0 aromatic heterocycles. The molecule has 26 heavy (non-hydrogen) atoms. The highest BCUT2D eigenvalue weighted by Gasteiger charge is 2.56. The Labute approximate surface area is 152 Å². The molecule has 0 unspecified atom stereocenters. The van der Waals surface area contributed by atoms with E-state index in [4.69, 9.17) is 0 Å². The fourth-order valence-electron chi connectivity index (χ4n) is 3.23. The first-order valence-electron chi connectivity index (χ1n) is 8.54.